The maximum absolute atomic E-state index is 11.7. The molecule has 2 heterocycles. The molecule has 1 aromatic rings. The van der Waals surface area contributed by atoms with Crippen molar-refractivity contribution in [3.63, 3.8) is 0 Å². The van der Waals surface area contributed by atoms with E-state index in [2.05, 4.69) is 31.2 Å². The molecule has 17 heavy (non-hydrogen) atoms. The Morgan fingerprint density at radius 1 is 1.59 bits per heavy atom. The topological polar surface area (TPSA) is 101 Å². The average molecular weight is 300 g/mol. The maximum Gasteiger partial charge on any atom is 0.251 e. The Balaban J connectivity index is 2.19. The van der Waals surface area contributed by atoms with Gasteiger partial charge in [-0.15, -0.1) is 0 Å². The molecule has 1 aliphatic rings. The Hall–Kier alpha value is -1.70. The number of nitrogens with one attached hydrogen (secondary N) is 1. The molecule has 0 saturated carbocycles. The van der Waals surface area contributed by atoms with Crippen LogP contribution in [0.15, 0.2) is 10.7 Å². The molecule has 1 atom stereocenters. The maximum atomic E-state index is 11.7. The van der Waals surface area contributed by atoms with E-state index in [1.54, 1.807) is 0 Å². The fraction of sp³-hybridized carbons (Fsp3) is 0.333. The van der Waals surface area contributed by atoms with E-state index in [0.29, 0.717) is 10.3 Å². The van der Waals surface area contributed by atoms with Crippen LogP contribution in [-0.4, -0.2) is 39.8 Å². The molecule has 7 nitrogen and oxygen atoms in total. The second-order valence-corrected chi connectivity index (χ2v) is 4.47. The van der Waals surface area contributed by atoms with Gasteiger partial charge < -0.3 is 11.1 Å². The lowest BCUT2D eigenvalue weighted by atomic mass is 10.2. The molecule has 1 aliphatic heterocycles. The van der Waals surface area contributed by atoms with Crippen molar-refractivity contribution in [2.75, 3.05) is 18.1 Å². The van der Waals surface area contributed by atoms with Crippen molar-refractivity contribution < 1.29 is 9.59 Å². The Morgan fingerprint density at radius 2 is 2.29 bits per heavy atom. The van der Waals surface area contributed by atoms with Crippen LogP contribution >= 0.6 is 15.9 Å². The first-order valence-corrected chi connectivity index (χ1v) is 5.63. The lowest BCUT2D eigenvalue weighted by molar-refractivity contribution is -0.136. The van der Waals surface area contributed by atoms with E-state index in [0.717, 1.165) is 4.90 Å². The summed E-state index contributed by atoms with van der Waals surface area (Å²) in [5.41, 5.74) is 5.45. The first-order valence-electron chi connectivity index (χ1n) is 4.84. The summed E-state index contributed by atoms with van der Waals surface area (Å²) in [5, 5.41) is 2.87. The number of nitrogen functional groups attached to an aromatic ring is 1. The number of anilines is 2. The summed E-state index contributed by atoms with van der Waals surface area (Å²) >= 11 is 3.23. The molecule has 2 rings (SSSR count). The van der Waals surface area contributed by atoms with Crippen LogP contribution in [0.5, 0.6) is 0 Å². The minimum Gasteiger partial charge on any atom is -0.368 e. The summed E-state index contributed by atoms with van der Waals surface area (Å²) in [6, 6.07) is -0.599. The molecule has 0 radical (unpaired) electrons. The molecule has 0 bridgehead atoms. The van der Waals surface area contributed by atoms with Gasteiger partial charge in [-0.3, -0.25) is 14.5 Å². The molecule has 2 amide bonds. The molecule has 1 unspecified atom stereocenters. The Labute approximate surface area is 106 Å². The molecule has 90 valence electrons. The normalized spacial score (nSPS) is 19.9. The van der Waals surface area contributed by atoms with E-state index in [1.165, 1.54) is 13.2 Å². The third-order valence-electron chi connectivity index (χ3n) is 2.46. The highest BCUT2D eigenvalue weighted by molar-refractivity contribution is 9.10. The number of likely N-dealkylation sites (tertiary alicyclic amines) is 1. The van der Waals surface area contributed by atoms with Gasteiger partial charge in [-0.25, -0.2) is 4.98 Å². The highest BCUT2D eigenvalue weighted by atomic mass is 79.9. The summed E-state index contributed by atoms with van der Waals surface area (Å²) in [4.78, 5) is 31.8. The number of likely N-dealkylation sites (N-methyl/N-ethyl adjacent to an activating group) is 1. The highest BCUT2D eigenvalue weighted by Gasteiger charge is 2.36. The van der Waals surface area contributed by atoms with Crippen molar-refractivity contribution in [2.45, 2.75) is 12.5 Å². The molecular formula is C9H10BrN5O2. The van der Waals surface area contributed by atoms with Crippen LogP contribution < -0.4 is 11.1 Å². The van der Waals surface area contributed by atoms with Gasteiger partial charge in [-0.2, -0.15) is 4.98 Å². The second kappa shape index (κ2) is 4.28. The van der Waals surface area contributed by atoms with Gasteiger partial charge in [0, 0.05) is 13.2 Å². The smallest absolute Gasteiger partial charge is 0.251 e. The van der Waals surface area contributed by atoms with Crippen molar-refractivity contribution in [3.8, 4) is 0 Å². The van der Waals surface area contributed by atoms with Gasteiger partial charge in [-0.05, 0) is 15.9 Å². The zero-order chi connectivity index (χ0) is 12.6. The minimum atomic E-state index is -0.599. The lowest BCUT2D eigenvalue weighted by Gasteiger charge is -2.12. The van der Waals surface area contributed by atoms with Crippen LogP contribution in [0, 0.1) is 0 Å². The predicted octanol–water partition coefficient (Wildman–Crippen LogP) is -0.00950. The van der Waals surface area contributed by atoms with E-state index in [9.17, 15) is 9.59 Å². The van der Waals surface area contributed by atoms with E-state index in [1.807, 2.05) is 0 Å². The van der Waals surface area contributed by atoms with E-state index in [4.69, 9.17) is 5.73 Å². The largest absolute Gasteiger partial charge is 0.368 e. The van der Waals surface area contributed by atoms with Gasteiger partial charge in [0.2, 0.25) is 11.9 Å². The molecule has 0 aliphatic carbocycles. The zero-order valence-electron chi connectivity index (χ0n) is 8.98. The fourth-order valence-electron chi connectivity index (χ4n) is 1.52. The second-order valence-electron chi connectivity index (χ2n) is 3.62. The number of nitrogens with two attached hydrogens (primary N) is 1. The first-order chi connectivity index (χ1) is 7.99. The summed E-state index contributed by atoms with van der Waals surface area (Å²) in [6.45, 7) is 0. The third kappa shape index (κ3) is 2.21. The molecule has 0 aromatic carbocycles. The number of imide groups is 1. The van der Waals surface area contributed by atoms with Gasteiger partial charge in [0.05, 0.1) is 10.9 Å². The van der Waals surface area contributed by atoms with E-state index < -0.39 is 6.04 Å². The number of amides is 2. The number of hydrogen-bond acceptors (Lipinski definition) is 6. The third-order valence-corrected chi connectivity index (χ3v) is 3.04. The zero-order valence-corrected chi connectivity index (χ0v) is 10.6. The molecule has 1 fully saturated rings. The van der Waals surface area contributed by atoms with Crippen LogP contribution in [0.3, 0.4) is 0 Å². The summed E-state index contributed by atoms with van der Waals surface area (Å²) in [7, 11) is 1.45. The molecule has 0 spiro atoms. The number of carbonyl (C=O) groups excluding carboxylic acids is 2. The molecular weight excluding hydrogens is 290 g/mol. The lowest BCUT2D eigenvalue weighted by Crippen LogP contribution is -2.32. The van der Waals surface area contributed by atoms with Gasteiger partial charge in [-0.1, -0.05) is 0 Å². The van der Waals surface area contributed by atoms with Crippen LogP contribution in [0.1, 0.15) is 6.42 Å². The number of carbonyl (C=O) groups is 2. The number of halogens is 1. The SMILES string of the molecule is CN1C(=O)CC(Nc2nc(N)ncc2Br)C1=O. The number of aromatic nitrogens is 2. The van der Waals surface area contributed by atoms with E-state index in [-0.39, 0.29) is 24.2 Å². The standard InChI is InChI=1S/C9H10BrN5O2/c1-15-6(16)2-5(8(15)17)13-7-4(10)3-12-9(11)14-7/h3,5H,2H2,1H3,(H3,11,12,13,14). The average Bonchev–Trinajstić information content (AvgIpc) is 2.52. The summed E-state index contributed by atoms with van der Waals surface area (Å²) in [6.07, 6.45) is 1.60. The van der Waals surface area contributed by atoms with Gasteiger partial charge in [0.1, 0.15) is 11.9 Å². The highest BCUT2D eigenvalue weighted by Crippen LogP contribution is 2.22. The van der Waals surface area contributed by atoms with Crippen LogP contribution in [0.25, 0.3) is 0 Å². The summed E-state index contributed by atoms with van der Waals surface area (Å²) in [5.74, 6) is 0.00418. The van der Waals surface area contributed by atoms with Crippen LogP contribution in [0.4, 0.5) is 11.8 Å². The van der Waals surface area contributed by atoms with Crippen molar-refractivity contribution in [3.05, 3.63) is 10.7 Å². The minimum absolute atomic E-state index is 0.0980. The molecule has 1 aromatic heterocycles. The fourth-order valence-corrected chi connectivity index (χ4v) is 1.82. The number of hydrogen-bond donors (Lipinski definition) is 2. The number of rotatable bonds is 2. The molecule has 8 heteroatoms. The predicted molar refractivity (Wildman–Crippen MR) is 63.9 cm³/mol. The van der Waals surface area contributed by atoms with Crippen molar-refractivity contribution in [1.29, 1.82) is 0 Å². The van der Waals surface area contributed by atoms with Crippen molar-refractivity contribution in [2.24, 2.45) is 0 Å². The van der Waals surface area contributed by atoms with Crippen molar-refractivity contribution >= 4 is 39.5 Å². The monoisotopic (exact) mass is 299 g/mol. The Kier molecular flexibility index (Phi) is 2.97. The quantitative estimate of drug-likeness (QED) is 0.745. The van der Waals surface area contributed by atoms with Gasteiger partial charge in [0.15, 0.2) is 0 Å². The molecule has 3 N–H and O–H groups in total. The van der Waals surface area contributed by atoms with Crippen LogP contribution in [-0.2, 0) is 9.59 Å². The van der Waals surface area contributed by atoms with Gasteiger partial charge >= 0.3 is 0 Å². The Bertz CT molecular complexity index is 492. The Morgan fingerprint density at radius 3 is 2.88 bits per heavy atom. The van der Waals surface area contributed by atoms with Crippen LogP contribution in [0.2, 0.25) is 0 Å². The summed E-state index contributed by atoms with van der Waals surface area (Å²) < 4.78 is 0.585. The van der Waals surface area contributed by atoms with Crippen molar-refractivity contribution in [1.82, 2.24) is 14.9 Å². The van der Waals surface area contributed by atoms with E-state index >= 15 is 0 Å². The molecule has 1 saturated heterocycles. The first kappa shape index (κ1) is 11.8. The number of nitrogens with zero attached hydrogens (tertiary/aromatic N) is 3. The van der Waals surface area contributed by atoms with Gasteiger partial charge in [0.25, 0.3) is 5.91 Å².